The van der Waals surface area contributed by atoms with E-state index in [1.165, 1.54) is 13.8 Å². The molecule has 0 aromatic rings. The number of allylic oxidation sites excluding steroid dienone is 1. The first-order valence-corrected chi connectivity index (χ1v) is 4.86. The number of hydrogen-bond acceptors (Lipinski definition) is 2. The molecule has 1 atom stereocenters. The van der Waals surface area contributed by atoms with Crippen LogP contribution in [0.3, 0.4) is 0 Å². The minimum atomic E-state index is -1.22. The van der Waals surface area contributed by atoms with Crippen molar-refractivity contribution in [3.8, 4) is 0 Å². The molecule has 1 amide bonds. The van der Waals surface area contributed by atoms with Gasteiger partial charge in [-0.3, -0.25) is 4.79 Å². The third kappa shape index (κ3) is 4.63. The number of rotatable bonds is 5. The Morgan fingerprint density at radius 3 is 2.27 bits per heavy atom. The summed E-state index contributed by atoms with van der Waals surface area (Å²) in [5.41, 5.74) is -0.314. The monoisotopic (exact) mass is 213 g/mol. The zero-order chi connectivity index (χ0) is 12.2. The smallest absolute Gasteiger partial charge is 0.328 e. The van der Waals surface area contributed by atoms with Crippen LogP contribution >= 0.6 is 0 Å². The predicted octanol–water partition coefficient (Wildman–Crippen LogP) is 1.57. The lowest BCUT2D eigenvalue weighted by Gasteiger charge is -2.23. The molecule has 0 bridgehead atoms. The van der Waals surface area contributed by atoms with E-state index in [1.807, 2.05) is 6.92 Å². The highest BCUT2D eigenvalue weighted by molar-refractivity contribution is 5.87. The Balaban J connectivity index is 4.36. The zero-order valence-corrected chi connectivity index (χ0v) is 9.76. The van der Waals surface area contributed by atoms with Gasteiger partial charge in [-0.2, -0.15) is 0 Å². The first kappa shape index (κ1) is 13.7. The molecule has 0 aliphatic carbocycles. The van der Waals surface area contributed by atoms with Crippen molar-refractivity contribution in [1.82, 2.24) is 5.32 Å². The summed E-state index contributed by atoms with van der Waals surface area (Å²) in [6.45, 7) is 10.2. The van der Waals surface area contributed by atoms with Crippen molar-refractivity contribution >= 4 is 11.9 Å². The molecule has 0 rings (SSSR count). The molecule has 86 valence electrons. The van der Waals surface area contributed by atoms with Gasteiger partial charge in [-0.25, -0.2) is 4.79 Å². The Hall–Kier alpha value is -1.32. The van der Waals surface area contributed by atoms with Gasteiger partial charge >= 0.3 is 5.97 Å². The molecule has 4 heteroatoms. The summed E-state index contributed by atoms with van der Waals surface area (Å²) < 4.78 is 0. The van der Waals surface area contributed by atoms with Crippen molar-refractivity contribution in [2.75, 3.05) is 0 Å². The molecule has 4 nitrogen and oxygen atoms in total. The third-order valence-electron chi connectivity index (χ3n) is 2.07. The van der Waals surface area contributed by atoms with Crippen LogP contribution in [0.15, 0.2) is 12.2 Å². The maximum Gasteiger partial charge on any atom is 0.328 e. The Morgan fingerprint density at radius 2 is 1.93 bits per heavy atom. The summed E-state index contributed by atoms with van der Waals surface area (Å²) in [5, 5.41) is 11.3. The largest absolute Gasteiger partial charge is 0.480 e. The van der Waals surface area contributed by atoms with E-state index in [9.17, 15) is 9.59 Å². The molecule has 0 radical (unpaired) electrons. The second-order valence-electron chi connectivity index (χ2n) is 4.48. The van der Waals surface area contributed by atoms with E-state index in [0.717, 1.165) is 5.57 Å². The number of carbonyl (C=O) groups is 2. The molecule has 0 heterocycles. The van der Waals surface area contributed by atoms with Gasteiger partial charge < -0.3 is 10.4 Å². The molecule has 1 unspecified atom stereocenters. The molecule has 0 saturated heterocycles. The van der Waals surface area contributed by atoms with Crippen LogP contribution < -0.4 is 5.32 Å². The molecule has 0 spiro atoms. The lowest BCUT2D eigenvalue weighted by Crippen LogP contribution is -2.51. The maximum atomic E-state index is 11.6. The summed E-state index contributed by atoms with van der Waals surface area (Å²) in [4.78, 5) is 22.4. The molecule has 0 aliphatic rings. The maximum absolute atomic E-state index is 11.6. The summed E-state index contributed by atoms with van der Waals surface area (Å²) in [7, 11) is 0. The zero-order valence-electron chi connectivity index (χ0n) is 9.76. The Morgan fingerprint density at radius 1 is 1.47 bits per heavy atom. The van der Waals surface area contributed by atoms with Gasteiger partial charge in [0.1, 0.15) is 5.54 Å². The average molecular weight is 213 g/mol. The molecule has 0 aromatic carbocycles. The van der Waals surface area contributed by atoms with E-state index in [-0.39, 0.29) is 11.8 Å². The Labute approximate surface area is 90.4 Å². The van der Waals surface area contributed by atoms with Crippen LogP contribution in [0.4, 0.5) is 0 Å². The van der Waals surface area contributed by atoms with E-state index >= 15 is 0 Å². The van der Waals surface area contributed by atoms with E-state index in [1.54, 1.807) is 6.92 Å². The van der Waals surface area contributed by atoms with Gasteiger partial charge in [0.15, 0.2) is 0 Å². The van der Waals surface area contributed by atoms with E-state index in [2.05, 4.69) is 11.9 Å². The van der Waals surface area contributed by atoms with Crippen LogP contribution in [-0.2, 0) is 9.59 Å². The summed E-state index contributed by atoms with van der Waals surface area (Å²) in [6, 6.07) is 0. The third-order valence-corrected chi connectivity index (χ3v) is 2.07. The number of hydrogen-bond donors (Lipinski definition) is 2. The van der Waals surface area contributed by atoms with Gasteiger partial charge in [-0.15, -0.1) is 6.58 Å². The Bertz CT molecular complexity index is 282. The highest BCUT2D eigenvalue weighted by Crippen LogP contribution is 2.11. The van der Waals surface area contributed by atoms with Crippen molar-refractivity contribution in [2.24, 2.45) is 5.92 Å². The van der Waals surface area contributed by atoms with Crippen LogP contribution in [0.25, 0.3) is 0 Å². The summed E-state index contributed by atoms with van der Waals surface area (Å²) >= 11 is 0. The van der Waals surface area contributed by atoms with E-state index in [0.29, 0.717) is 6.42 Å². The molecular formula is C11H19NO3. The van der Waals surface area contributed by atoms with Gasteiger partial charge in [0.2, 0.25) is 5.91 Å². The fraction of sp³-hybridized carbons (Fsp3) is 0.636. The molecule has 15 heavy (non-hydrogen) atoms. The van der Waals surface area contributed by atoms with E-state index < -0.39 is 11.5 Å². The number of carbonyl (C=O) groups excluding carboxylic acids is 1. The molecule has 0 aromatic heterocycles. The fourth-order valence-electron chi connectivity index (χ4n) is 1.10. The van der Waals surface area contributed by atoms with Crippen molar-refractivity contribution < 1.29 is 14.7 Å². The average Bonchev–Trinajstić information content (AvgIpc) is 2.01. The predicted molar refractivity (Wildman–Crippen MR) is 58.5 cm³/mol. The quantitative estimate of drug-likeness (QED) is 0.681. The van der Waals surface area contributed by atoms with Gasteiger partial charge in [0.25, 0.3) is 0 Å². The van der Waals surface area contributed by atoms with Gasteiger partial charge in [0.05, 0.1) is 0 Å². The van der Waals surface area contributed by atoms with E-state index in [4.69, 9.17) is 5.11 Å². The van der Waals surface area contributed by atoms with Crippen LogP contribution in [0.5, 0.6) is 0 Å². The van der Waals surface area contributed by atoms with Gasteiger partial charge in [-0.1, -0.05) is 12.5 Å². The second-order valence-corrected chi connectivity index (χ2v) is 4.48. The topological polar surface area (TPSA) is 66.4 Å². The molecule has 0 saturated carbocycles. The van der Waals surface area contributed by atoms with Gasteiger partial charge in [-0.05, 0) is 27.2 Å². The number of amides is 1. The second kappa shape index (κ2) is 4.96. The van der Waals surface area contributed by atoms with Crippen molar-refractivity contribution in [3.63, 3.8) is 0 Å². The molecule has 0 fully saturated rings. The van der Waals surface area contributed by atoms with Crippen LogP contribution in [0, 0.1) is 5.92 Å². The SMILES string of the molecule is C=C(C)CC(C)C(=O)NC(C)(C)C(=O)O. The normalized spacial score (nSPS) is 13.1. The first-order valence-electron chi connectivity index (χ1n) is 4.86. The summed E-state index contributed by atoms with van der Waals surface area (Å²) in [6.07, 6.45) is 0.571. The minimum absolute atomic E-state index is 0.249. The van der Waals surface area contributed by atoms with Gasteiger partial charge in [0, 0.05) is 5.92 Å². The van der Waals surface area contributed by atoms with Crippen LogP contribution in [0.2, 0.25) is 0 Å². The number of aliphatic carboxylic acids is 1. The van der Waals surface area contributed by atoms with Crippen LogP contribution in [0.1, 0.15) is 34.1 Å². The molecular weight excluding hydrogens is 194 g/mol. The minimum Gasteiger partial charge on any atom is -0.480 e. The lowest BCUT2D eigenvalue weighted by atomic mass is 9.99. The number of carboxylic acid groups (broad SMARTS) is 1. The first-order chi connectivity index (χ1) is 6.66. The fourth-order valence-corrected chi connectivity index (χ4v) is 1.10. The highest BCUT2D eigenvalue weighted by Gasteiger charge is 2.30. The highest BCUT2D eigenvalue weighted by atomic mass is 16.4. The number of carboxylic acids is 1. The standard InChI is InChI=1S/C11H19NO3/c1-7(2)6-8(3)9(13)12-11(4,5)10(14)15/h8H,1,6H2,2-5H3,(H,12,13)(H,14,15). The van der Waals surface area contributed by atoms with Crippen molar-refractivity contribution in [2.45, 2.75) is 39.7 Å². The Kier molecular flexibility index (Phi) is 4.52. The molecule has 2 N–H and O–H groups in total. The van der Waals surface area contributed by atoms with Crippen molar-refractivity contribution in [3.05, 3.63) is 12.2 Å². The lowest BCUT2D eigenvalue weighted by molar-refractivity contribution is -0.146. The molecule has 0 aliphatic heterocycles. The summed E-state index contributed by atoms with van der Waals surface area (Å²) in [5.74, 6) is -1.55. The van der Waals surface area contributed by atoms with Crippen LogP contribution in [-0.4, -0.2) is 22.5 Å². The van der Waals surface area contributed by atoms with Crippen molar-refractivity contribution in [1.29, 1.82) is 0 Å². The number of nitrogens with one attached hydrogen (secondary N) is 1.